The number of hydrogen-bond donors (Lipinski definition) is 1. The Hall–Kier alpha value is -2.04. The summed E-state index contributed by atoms with van der Waals surface area (Å²) in [6, 6.07) is 5.68. The van der Waals surface area contributed by atoms with Crippen molar-refractivity contribution in [3.8, 4) is 11.5 Å². The molecule has 1 amide bonds. The maximum absolute atomic E-state index is 11.5. The van der Waals surface area contributed by atoms with Gasteiger partial charge in [0.15, 0.2) is 5.76 Å². The van der Waals surface area contributed by atoms with Crippen LogP contribution in [-0.4, -0.2) is 15.7 Å². The number of carbonyl (C=O) groups excluding carboxylic acids is 1. The van der Waals surface area contributed by atoms with Crippen molar-refractivity contribution in [3.63, 3.8) is 0 Å². The van der Waals surface area contributed by atoms with Gasteiger partial charge < -0.3 is 9.73 Å². The van der Waals surface area contributed by atoms with Crippen molar-refractivity contribution in [2.45, 2.75) is 19.4 Å². The number of nitrogens with zero attached hydrogens (tertiary/aromatic N) is 2. The van der Waals surface area contributed by atoms with E-state index in [0.717, 1.165) is 30.1 Å². The first-order chi connectivity index (χ1) is 8.74. The molecule has 0 aromatic carbocycles. The zero-order valence-corrected chi connectivity index (χ0v) is 10.2. The van der Waals surface area contributed by atoms with E-state index in [1.165, 1.54) is 0 Å². The van der Waals surface area contributed by atoms with Crippen LogP contribution in [0.25, 0.3) is 11.5 Å². The van der Waals surface area contributed by atoms with Gasteiger partial charge in [-0.05, 0) is 31.0 Å². The highest BCUT2D eigenvalue weighted by Crippen LogP contribution is 2.29. The molecule has 2 aromatic rings. The number of aryl methyl sites for hydroxylation is 1. The Morgan fingerprint density at radius 1 is 1.50 bits per heavy atom. The topological polar surface area (TPSA) is 60.1 Å². The molecule has 0 unspecified atom stereocenters. The van der Waals surface area contributed by atoms with Crippen LogP contribution in [0, 0.1) is 5.92 Å². The molecule has 0 spiro atoms. The molecule has 1 fully saturated rings. The summed E-state index contributed by atoms with van der Waals surface area (Å²) in [5, 5.41) is 6.97. The van der Waals surface area contributed by atoms with Crippen LogP contribution in [0.4, 0.5) is 0 Å². The summed E-state index contributed by atoms with van der Waals surface area (Å²) in [4.78, 5) is 11.5. The van der Waals surface area contributed by atoms with Crippen LogP contribution in [0.2, 0.25) is 0 Å². The number of nitrogens with one attached hydrogen (secondary N) is 1. The highest BCUT2D eigenvalue weighted by Gasteiger charge is 2.29. The molecule has 18 heavy (non-hydrogen) atoms. The molecule has 1 N–H and O–H groups in total. The second kappa shape index (κ2) is 4.33. The molecule has 0 bridgehead atoms. The maximum atomic E-state index is 11.5. The first-order valence-corrected chi connectivity index (χ1v) is 6.09. The molecule has 5 nitrogen and oxygen atoms in total. The Morgan fingerprint density at radius 3 is 3.00 bits per heavy atom. The van der Waals surface area contributed by atoms with Crippen molar-refractivity contribution in [2.24, 2.45) is 13.0 Å². The Labute approximate surface area is 105 Å². The summed E-state index contributed by atoms with van der Waals surface area (Å²) >= 11 is 0. The van der Waals surface area contributed by atoms with Gasteiger partial charge in [-0.2, -0.15) is 5.10 Å². The maximum Gasteiger partial charge on any atom is 0.223 e. The lowest BCUT2D eigenvalue weighted by atomic mass is 10.3. The molecule has 5 heteroatoms. The molecule has 0 aliphatic heterocycles. The lowest BCUT2D eigenvalue weighted by molar-refractivity contribution is -0.122. The molecule has 0 radical (unpaired) electrons. The van der Waals surface area contributed by atoms with Crippen molar-refractivity contribution in [3.05, 3.63) is 30.2 Å². The minimum absolute atomic E-state index is 0.133. The van der Waals surface area contributed by atoms with E-state index in [1.54, 1.807) is 10.9 Å². The summed E-state index contributed by atoms with van der Waals surface area (Å²) in [6.45, 7) is 0.452. The number of aromatic nitrogens is 2. The van der Waals surface area contributed by atoms with E-state index in [0.29, 0.717) is 6.54 Å². The molecule has 2 heterocycles. The zero-order chi connectivity index (χ0) is 12.5. The molecule has 1 saturated carbocycles. The second-order valence-corrected chi connectivity index (χ2v) is 4.60. The summed E-state index contributed by atoms with van der Waals surface area (Å²) in [5.74, 6) is 1.90. The normalized spacial score (nSPS) is 14.7. The molecule has 1 aliphatic rings. The fourth-order valence-corrected chi connectivity index (χ4v) is 1.89. The van der Waals surface area contributed by atoms with Crippen LogP contribution in [0.5, 0.6) is 0 Å². The molecule has 94 valence electrons. The number of carbonyl (C=O) groups is 1. The van der Waals surface area contributed by atoms with Gasteiger partial charge in [-0.1, -0.05) is 0 Å². The smallest absolute Gasteiger partial charge is 0.223 e. The van der Waals surface area contributed by atoms with E-state index in [2.05, 4.69) is 10.4 Å². The number of rotatable bonds is 4. The van der Waals surface area contributed by atoms with E-state index in [9.17, 15) is 4.79 Å². The van der Waals surface area contributed by atoms with Gasteiger partial charge in [0, 0.05) is 19.2 Å². The molecular weight excluding hydrogens is 230 g/mol. The Kier molecular flexibility index (Phi) is 2.66. The zero-order valence-electron chi connectivity index (χ0n) is 10.2. The molecule has 0 saturated heterocycles. The van der Waals surface area contributed by atoms with Gasteiger partial charge in [0.05, 0.1) is 6.54 Å². The minimum Gasteiger partial charge on any atom is -0.458 e. The van der Waals surface area contributed by atoms with E-state index >= 15 is 0 Å². The number of amides is 1. The van der Waals surface area contributed by atoms with Crippen LogP contribution >= 0.6 is 0 Å². The summed E-state index contributed by atoms with van der Waals surface area (Å²) in [6.07, 6.45) is 3.76. The Bertz CT molecular complexity index is 566. The summed E-state index contributed by atoms with van der Waals surface area (Å²) in [5.41, 5.74) is 0.926. The second-order valence-electron chi connectivity index (χ2n) is 4.60. The van der Waals surface area contributed by atoms with Gasteiger partial charge in [-0.3, -0.25) is 9.48 Å². The third-order valence-electron chi connectivity index (χ3n) is 3.12. The van der Waals surface area contributed by atoms with Crippen molar-refractivity contribution in [1.82, 2.24) is 15.1 Å². The first-order valence-electron chi connectivity index (χ1n) is 6.09. The van der Waals surface area contributed by atoms with Crippen molar-refractivity contribution < 1.29 is 9.21 Å². The fourth-order valence-electron chi connectivity index (χ4n) is 1.89. The fraction of sp³-hybridized carbons (Fsp3) is 0.385. The predicted octanol–water partition coefficient (Wildman–Crippen LogP) is 1.71. The van der Waals surface area contributed by atoms with E-state index in [4.69, 9.17) is 4.42 Å². The predicted molar refractivity (Wildman–Crippen MR) is 65.5 cm³/mol. The first kappa shape index (κ1) is 11.1. The van der Waals surface area contributed by atoms with Gasteiger partial charge in [0.2, 0.25) is 5.91 Å². The van der Waals surface area contributed by atoms with Crippen LogP contribution in [0.15, 0.2) is 28.8 Å². The van der Waals surface area contributed by atoms with Crippen molar-refractivity contribution in [2.75, 3.05) is 0 Å². The van der Waals surface area contributed by atoms with Gasteiger partial charge in [-0.25, -0.2) is 0 Å². The average molecular weight is 245 g/mol. The third kappa shape index (κ3) is 2.16. The number of hydrogen-bond acceptors (Lipinski definition) is 3. The van der Waals surface area contributed by atoms with Gasteiger partial charge in [0.1, 0.15) is 11.5 Å². The SMILES string of the molecule is Cn1nccc1-c1ccc(CNC(=O)C2CC2)o1. The summed E-state index contributed by atoms with van der Waals surface area (Å²) in [7, 11) is 1.87. The largest absolute Gasteiger partial charge is 0.458 e. The van der Waals surface area contributed by atoms with Crippen LogP contribution in [-0.2, 0) is 18.4 Å². The van der Waals surface area contributed by atoms with E-state index < -0.39 is 0 Å². The monoisotopic (exact) mass is 245 g/mol. The third-order valence-corrected chi connectivity index (χ3v) is 3.12. The Balaban J connectivity index is 1.66. The molecule has 0 atom stereocenters. The van der Waals surface area contributed by atoms with Crippen LogP contribution in [0.3, 0.4) is 0 Å². The van der Waals surface area contributed by atoms with Crippen LogP contribution in [0.1, 0.15) is 18.6 Å². The quantitative estimate of drug-likeness (QED) is 0.892. The van der Waals surface area contributed by atoms with Gasteiger partial charge in [-0.15, -0.1) is 0 Å². The van der Waals surface area contributed by atoms with E-state index in [-0.39, 0.29) is 11.8 Å². The standard InChI is InChI=1S/C13H15N3O2/c1-16-11(6-7-15-16)12-5-4-10(18-12)8-14-13(17)9-2-3-9/h4-7,9H,2-3,8H2,1H3,(H,14,17). The average Bonchev–Trinajstić information content (AvgIpc) is 2.97. The molecular formula is C13H15N3O2. The number of furan rings is 1. The van der Waals surface area contributed by atoms with Crippen molar-refractivity contribution in [1.29, 1.82) is 0 Å². The molecule has 1 aliphatic carbocycles. The minimum atomic E-state index is 0.133. The highest BCUT2D eigenvalue weighted by atomic mass is 16.3. The lowest BCUT2D eigenvalue weighted by Gasteiger charge is -2.01. The highest BCUT2D eigenvalue weighted by molar-refractivity contribution is 5.80. The van der Waals surface area contributed by atoms with Crippen molar-refractivity contribution >= 4 is 5.91 Å². The summed E-state index contributed by atoms with van der Waals surface area (Å²) < 4.78 is 7.44. The lowest BCUT2D eigenvalue weighted by Crippen LogP contribution is -2.23. The van der Waals surface area contributed by atoms with Crippen LogP contribution < -0.4 is 5.32 Å². The van der Waals surface area contributed by atoms with Gasteiger partial charge >= 0.3 is 0 Å². The molecule has 2 aromatic heterocycles. The molecule has 3 rings (SSSR count). The Morgan fingerprint density at radius 2 is 2.33 bits per heavy atom. The van der Waals surface area contributed by atoms with E-state index in [1.807, 2.05) is 25.2 Å². The van der Waals surface area contributed by atoms with Gasteiger partial charge in [0.25, 0.3) is 0 Å².